The van der Waals surface area contributed by atoms with Crippen LogP contribution < -0.4 is 45.0 Å². The molecule has 24 nitrogen and oxygen atoms in total. The quantitative estimate of drug-likeness (QED) is 0.0458. The fraction of sp³-hybridized carbons (Fsp3) is 0.319. The molecule has 4 N–H and O–H groups in total. The van der Waals surface area contributed by atoms with Crippen molar-refractivity contribution in [2.24, 2.45) is 0 Å². The van der Waals surface area contributed by atoms with Gasteiger partial charge in [-0.3, -0.25) is 39.1 Å². The van der Waals surface area contributed by atoms with Crippen molar-refractivity contribution in [2.45, 2.75) is 199 Å². The average molecular weight is 1580 g/mol. The fourth-order valence-electron chi connectivity index (χ4n) is 15.3. The van der Waals surface area contributed by atoms with E-state index in [1.54, 1.807) is 0 Å². The zero-order valence-corrected chi connectivity index (χ0v) is 69.2. The van der Waals surface area contributed by atoms with Gasteiger partial charge in [0.2, 0.25) is 0 Å². The molecule has 8 aromatic carbocycles. The van der Waals surface area contributed by atoms with Crippen LogP contribution in [0, 0.1) is 48.5 Å². The first kappa shape index (κ1) is 82.8. The first-order valence-corrected chi connectivity index (χ1v) is 40.8. The Hall–Kier alpha value is -13.1. The van der Waals surface area contributed by atoms with Crippen LogP contribution in [0.5, 0.6) is 0 Å². The molecule has 0 unspecified atom stereocenters. The molecule has 8 aliphatic rings. The summed E-state index contributed by atoms with van der Waals surface area (Å²) in [5.74, 6) is 1.75. The van der Waals surface area contributed by atoms with Gasteiger partial charge in [-0.25, -0.2) is 39.1 Å². The number of hydrogen-bond donors (Lipinski definition) is 4. The van der Waals surface area contributed by atoms with Crippen LogP contribution in [-0.4, -0.2) is 78.1 Å². The Morgan fingerprint density at radius 1 is 0.297 bits per heavy atom. The maximum Gasteiger partial charge on any atom is 0.349 e. The number of aromatic nitrogens is 16. The van der Waals surface area contributed by atoms with Crippen molar-refractivity contribution in [2.75, 3.05) is 0 Å². The first-order chi connectivity index (χ1) is 56.8. The Morgan fingerprint density at radius 3 is 0.831 bits per heavy atom. The maximum atomic E-state index is 12.4. The lowest BCUT2D eigenvalue weighted by Crippen LogP contribution is -2.29. The minimum Gasteiger partial charge on any atom is -0.322 e. The highest BCUT2D eigenvalue weighted by Crippen LogP contribution is 2.31. The van der Waals surface area contributed by atoms with Crippen molar-refractivity contribution in [3.8, 4) is 46.1 Å². The second-order valence-corrected chi connectivity index (χ2v) is 31.1. The molecule has 24 heteroatoms. The van der Waals surface area contributed by atoms with Gasteiger partial charge in [0.05, 0.1) is 44.1 Å². The molecular weight excluding hydrogens is 1480 g/mol. The molecule has 604 valence electrons. The van der Waals surface area contributed by atoms with Crippen LogP contribution in [0.4, 0.5) is 0 Å². The molecule has 8 heterocycles. The van der Waals surface area contributed by atoms with Crippen LogP contribution in [-0.2, 0) is 71.1 Å². The van der Waals surface area contributed by atoms with Gasteiger partial charge in [0, 0.05) is 26.2 Å². The summed E-state index contributed by atoms with van der Waals surface area (Å²) in [6.07, 6.45) is 12.0. The minimum atomic E-state index is -0.644. The molecule has 0 saturated heterocycles. The lowest BCUT2D eigenvalue weighted by molar-refractivity contribution is 0.648. The molecule has 0 amide bonds. The van der Waals surface area contributed by atoms with Crippen molar-refractivity contribution in [1.29, 1.82) is 0 Å². The van der Waals surface area contributed by atoms with E-state index < -0.39 is 45.0 Å². The van der Waals surface area contributed by atoms with Gasteiger partial charge in [-0.1, -0.05) is 173 Å². The highest BCUT2D eigenvalue weighted by Gasteiger charge is 2.25. The normalized spacial score (nSPS) is 11.5. The smallest absolute Gasteiger partial charge is 0.322 e. The summed E-state index contributed by atoms with van der Waals surface area (Å²) >= 11 is 0. The predicted octanol–water partition coefficient (Wildman–Crippen LogP) is 14.6. The molecule has 8 aromatic rings. The van der Waals surface area contributed by atoms with Crippen LogP contribution in [0.15, 0.2) is 190 Å². The molecule has 118 heavy (non-hydrogen) atoms. The van der Waals surface area contributed by atoms with E-state index >= 15 is 0 Å². The Balaban J connectivity index is 0.000000136. The van der Waals surface area contributed by atoms with Gasteiger partial charge in [-0.05, 0) is 235 Å². The minimum absolute atomic E-state index is 0.202. The zero-order chi connectivity index (χ0) is 83.6. The van der Waals surface area contributed by atoms with Crippen LogP contribution in [0.25, 0.3) is 90.2 Å². The molecule has 0 bridgehead atoms. The zero-order valence-electron chi connectivity index (χ0n) is 69.2. The third-order valence-corrected chi connectivity index (χ3v) is 21.8. The van der Waals surface area contributed by atoms with E-state index in [1.165, 1.54) is 61.2 Å². The van der Waals surface area contributed by atoms with Crippen LogP contribution in [0.1, 0.15) is 163 Å². The lowest BCUT2D eigenvalue weighted by Gasteiger charge is -2.18. The van der Waals surface area contributed by atoms with E-state index in [9.17, 15) is 38.4 Å². The maximum absolute atomic E-state index is 12.4. The van der Waals surface area contributed by atoms with E-state index in [2.05, 4.69) is 264 Å². The number of aromatic amines is 4. The molecule has 0 fully saturated rings. The summed E-state index contributed by atoms with van der Waals surface area (Å²) in [4.78, 5) is 141. The topological polar surface area (TPSA) is 323 Å². The average Bonchev–Trinajstić information content (AvgIpc) is 0.775. The standard InChI is InChI=1S/2C24H26N4O2.2C23H24N4O2/c2*1-4-6-18-14-20-19(13-16(18)3)25-21-22(26-24(30)27-23(21)29)28(20)12-5-7-17-10-8-15(2)9-11-17;1-14(2)17-10-11-19-18(13-17)24-20-21(25-23(29)26-22(20)28)27(19)12-4-5-16-8-6-15(3)7-9-16;1-4-17-13-19-18(12-15(17)3)24-20-21(25-23(29)26-22(20)28)27(19)11-5-6-16-9-7-14(2)8-10-16/h2*8-11,13-14H,4-7,12H2,1-3H3,(H,27,29,30);6-11,13-14H,4-5,12H2,1-3H3,(H,26,28,29);7-10,12-13H,4-6,11H2,1-3H3,(H,26,28,29). The van der Waals surface area contributed by atoms with Gasteiger partial charge in [-0.15, -0.1) is 0 Å². The van der Waals surface area contributed by atoms with Gasteiger partial charge >= 0.3 is 22.8 Å². The highest BCUT2D eigenvalue weighted by molar-refractivity contribution is 5.84. The van der Waals surface area contributed by atoms with E-state index in [1.807, 2.05) is 48.6 Å². The van der Waals surface area contributed by atoms with Gasteiger partial charge in [0.1, 0.15) is 0 Å². The summed E-state index contributed by atoms with van der Waals surface area (Å²) in [5, 5.41) is 0. The molecule has 0 spiro atoms. The number of hydrogen-bond acceptors (Lipinski definition) is 16. The highest BCUT2D eigenvalue weighted by atomic mass is 16.2. The van der Waals surface area contributed by atoms with Gasteiger partial charge in [0.15, 0.2) is 46.1 Å². The van der Waals surface area contributed by atoms with Crippen molar-refractivity contribution in [1.82, 2.24) is 78.1 Å². The number of aryl methyl sites for hydroxylation is 18. The number of fused-ring (bicyclic) bond motifs is 8. The fourth-order valence-corrected chi connectivity index (χ4v) is 15.3. The molecule has 0 saturated carbocycles. The third kappa shape index (κ3) is 19.2. The summed E-state index contributed by atoms with van der Waals surface area (Å²) in [7, 11) is 0. The van der Waals surface area contributed by atoms with Crippen molar-refractivity contribution in [3.63, 3.8) is 0 Å². The molecule has 16 rings (SSSR count). The Labute approximate surface area is 681 Å². The van der Waals surface area contributed by atoms with Crippen molar-refractivity contribution < 1.29 is 0 Å². The first-order valence-electron chi connectivity index (χ1n) is 40.8. The van der Waals surface area contributed by atoms with Gasteiger partial charge in [0.25, 0.3) is 22.2 Å². The second-order valence-electron chi connectivity index (χ2n) is 31.1. The van der Waals surface area contributed by atoms with E-state index in [0.29, 0.717) is 55.4 Å². The second kappa shape index (κ2) is 36.8. The van der Waals surface area contributed by atoms with Crippen molar-refractivity contribution in [3.05, 3.63) is 318 Å². The molecular formula is C94H100N16O8. The molecule has 0 aromatic heterocycles. The van der Waals surface area contributed by atoms with Gasteiger partial charge < -0.3 is 18.3 Å². The van der Waals surface area contributed by atoms with Crippen LogP contribution in [0.3, 0.4) is 0 Å². The largest absolute Gasteiger partial charge is 0.349 e. The van der Waals surface area contributed by atoms with E-state index in [4.69, 9.17) is 0 Å². The number of rotatable bonds is 22. The molecule has 0 atom stereocenters. The number of H-pyrrole nitrogens is 4. The van der Waals surface area contributed by atoms with Crippen molar-refractivity contribution >= 4 is 44.1 Å². The van der Waals surface area contributed by atoms with E-state index in [0.717, 1.165) is 150 Å². The van der Waals surface area contributed by atoms with E-state index in [-0.39, 0.29) is 22.8 Å². The lowest BCUT2D eigenvalue weighted by atomic mass is 10.0. The summed E-state index contributed by atoms with van der Waals surface area (Å²) in [6, 6.07) is 52.6. The summed E-state index contributed by atoms with van der Waals surface area (Å²) < 4.78 is 7.90. The molecule has 8 aliphatic heterocycles. The number of nitrogens with one attached hydrogen (secondary N) is 4. The van der Waals surface area contributed by atoms with Gasteiger partial charge in [-0.2, -0.15) is 19.9 Å². The Bertz CT molecular complexity index is 6510. The number of benzene rings is 8. The SMILES string of the molecule is CCCc1cc2c(cc1C)nc1c(=O)[nH]c(=O)nc-1n2CCCc1ccc(C)cc1.CCCc1cc2c(cc1C)nc1c(=O)[nH]c(=O)nc-1n2CCCc1ccc(C)cc1.CCc1cc2c(cc1C)nc1c(=O)[nH]c(=O)nc-1n2CCCc1ccc(C)cc1.Cc1ccc(CCCn2c3nc(=O)[nH]c(=O)c-3nc3cc(C(C)C)ccc32)cc1. The van der Waals surface area contributed by atoms with Crippen LogP contribution >= 0.6 is 0 Å². The predicted molar refractivity (Wildman–Crippen MR) is 468 cm³/mol. The number of nitrogens with zero attached hydrogens (tertiary/aromatic N) is 12. The monoisotopic (exact) mass is 1580 g/mol. The third-order valence-electron chi connectivity index (χ3n) is 21.8. The Morgan fingerprint density at radius 2 is 0.559 bits per heavy atom. The Kier molecular flexibility index (Phi) is 25.8. The van der Waals surface area contributed by atoms with Crippen LogP contribution in [0.2, 0.25) is 0 Å². The molecule has 0 radical (unpaired) electrons. The summed E-state index contributed by atoms with van der Waals surface area (Å²) in [6.45, 7) is 27.7. The molecule has 0 aliphatic carbocycles. The summed E-state index contributed by atoms with van der Waals surface area (Å²) in [5.41, 5.74) is 21.2.